The van der Waals surface area contributed by atoms with Gasteiger partial charge in [-0.3, -0.25) is 0 Å². The minimum absolute atomic E-state index is 0.0620. The smallest absolute Gasteiger partial charge is 0.0781 e. The van der Waals surface area contributed by atoms with Gasteiger partial charge in [-0.25, -0.2) is 0 Å². The van der Waals surface area contributed by atoms with Crippen molar-refractivity contribution in [2.75, 3.05) is 13.2 Å². The molecule has 1 N–H and O–H groups in total. The van der Waals surface area contributed by atoms with Gasteiger partial charge in [-0.2, -0.15) is 0 Å². The van der Waals surface area contributed by atoms with E-state index in [1.165, 1.54) is 0 Å². The first kappa shape index (κ1) is 7.66. The molecule has 1 atom stereocenters. The number of aliphatic hydroxyl groups excluding tert-OH is 1. The summed E-state index contributed by atoms with van der Waals surface area (Å²) in [6, 6.07) is 0. The highest BCUT2D eigenvalue weighted by Gasteiger charge is 1.94. The number of hydrogen-bond acceptors (Lipinski definition) is 2. The molecule has 48 valence electrons. The molecule has 0 unspecified atom stereocenters. The van der Waals surface area contributed by atoms with Crippen LogP contribution in [0.25, 0.3) is 0 Å². The van der Waals surface area contributed by atoms with Crippen molar-refractivity contribution in [3.63, 3.8) is 0 Å². The fourth-order valence-electron chi connectivity index (χ4n) is 0.285. The molecular weight excluding hydrogens is 104 g/mol. The van der Waals surface area contributed by atoms with Gasteiger partial charge in [-0.1, -0.05) is 6.08 Å². The Hall–Kier alpha value is -0.340. The molecule has 2 nitrogen and oxygen atoms in total. The largest absolute Gasteiger partial charge is 0.394 e. The van der Waals surface area contributed by atoms with Crippen LogP contribution in [-0.2, 0) is 4.74 Å². The van der Waals surface area contributed by atoms with Gasteiger partial charge in [0.1, 0.15) is 0 Å². The summed E-state index contributed by atoms with van der Waals surface area (Å²) in [6.07, 6.45) is 1.60. The molecule has 0 amide bonds. The van der Waals surface area contributed by atoms with Crippen LogP contribution in [0.2, 0.25) is 0 Å². The van der Waals surface area contributed by atoms with Crippen LogP contribution in [0.4, 0.5) is 0 Å². The fourth-order valence-corrected chi connectivity index (χ4v) is 0.285. The van der Waals surface area contributed by atoms with Crippen LogP contribution in [-0.4, -0.2) is 24.4 Å². The SMILES string of the molecule is C=CCO[C@@H](C)CO. The lowest BCUT2D eigenvalue weighted by Gasteiger charge is -2.05. The first-order valence-corrected chi connectivity index (χ1v) is 2.64. The van der Waals surface area contributed by atoms with Gasteiger partial charge >= 0.3 is 0 Å². The molecule has 0 aromatic rings. The van der Waals surface area contributed by atoms with Crippen LogP contribution in [0.5, 0.6) is 0 Å². The predicted octanol–water partition coefficient (Wildman–Crippen LogP) is 0.570. The van der Waals surface area contributed by atoms with Gasteiger partial charge in [0.15, 0.2) is 0 Å². The van der Waals surface area contributed by atoms with Crippen molar-refractivity contribution in [3.8, 4) is 0 Å². The van der Waals surface area contributed by atoms with Crippen LogP contribution in [0.3, 0.4) is 0 Å². The highest BCUT2D eigenvalue weighted by Crippen LogP contribution is 1.86. The zero-order valence-corrected chi connectivity index (χ0v) is 5.13. The van der Waals surface area contributed by atoms with Gasteiger partial charge in [0.25, 0.3) is 0 Å². The lowest BCUT2D eigenvalue weighted by atomic mass is 10.4. The summed E-state index contributed by atoms with van der Waals surface area (Å²) in [6.45, 7) is 5.86. The maximum Gasteiger partial charge on any atom is 0.0781 e. The van der Waals surface area contributed by atoms with E-state index in [9.17, 15) is 0 Å². The van der Waals surface area contributed by atoms with Crippen molar-refractivity contribution in [1.82, 2.24) is 0 Å². The normalized spacial score (nSPS) is 13.2. The summed E-state index contributed by atoms with van der Waals surface area (Å²) in [4.78, 5) is 0. The van der Waals surface area contributed by atoms with Gasteiger partial charge < -0.3 is 9.84 Å². The molecule has 0 heterocycles. The van der Waals surface area contributed by atoms with Crippen LogP contribution < -0.4 is 0 Å². The quantitative estimate of drug-likeness (QED) is 0.544. The van der Waals surface area contributed by atoms with E-state index in [1.807, 2.05) is 6.92 Å². The topological polar surface area (TPSA) is 29.5 Å². The lowest BCUT2D eigenvalue weighted by Crippen LogP contribution is -2.12. The van der Waals surface area contributed by atoms with Gasteiger partial charge in [-0.05, 0) is 6.92 Å². The monoisotopic (exact) mass is 116 g/mol. The third-order valence-corrected chi connectivity index (χ3v) is 0.756. The van der Waals surface area contributed by atoms with Crippen molar-refractivity contribution in [1.29, 1.82) is 0 Å². The second-order valence-corrected chi connectivity index (χ2v) is 1.62. The van der Waals surface area contributed by atoms with Gasteiger partial charge in [-0.15, -0.1) is 6.58 Å². The van der Waals surface area contributed by atoms with Gasteiger partial charge in [0.2, 0.25) is 0 Å². The Morgan fingerprint density at radius 3 is 2.88 bits per heavy atom. The van der Waals surface area contributed by atoms with Gasteiger partial charge in [0, 0.05) is 0 Å². The van der Waals surface area contributed by atoms with Crippen LogP contribution in [0.1, 0.15) is 6.92 Å². The van der Waals surface area contributed by atoms with E-state index in [0.29, 0.717) is 6.61 Å². The Morgan fingerprint density at radius 1 is 1.88 bits per heavy atom. The summed E-state index contributed by atoms with van der Waals surface area (Å²) < 4.78 is 4.97. The van der Waals surface area contributed by atoms with E-state index < -0.39 is 0 Å². The maximum absolute atomic E-state index is 8.40. The third kappa shape index (κ3) is 3.84. The molecule has 0 rings (SSSR count). The van der Waals surface area contributed by atoms with E-state index in [0.717, 1.165) is 0 Å². The predicted molar refractivity (Wildman–Crippen MR) is 32.7 cm³/mol. The van der Waals surface area contributed by atoms with E-state index in [-0.39, 0.29) is 12.7 Å². The molecule has 0 aliphatic rings. The lowest BCUT2D eigenvalue weighted by molar-refractivity contribution is 0.0413. The first-order valence-electron chi connectivity index (χ1n) is 2.64. The summed E-state index contributed by atoms with van der Waals surface area (Å²) in [5, 5.41) is 8.40. The highest BCUT2D eigenvalue weighted by molar-refractivity contribution is 4.64. The minimum atomic E-state index is -0.0620. The van der Waals surface area contributed by atoms with Crippen LogP contribution in [0, 0.1) is 0 Å². The molecule has 0 bridgehead atoms. The molecule has 0 aromatic carbocycles. The molecule has 8 heavy (non-hydrogen) atoms. The Kier molecular flexibility index (Phi) is 4.61. The second kappa shape index (κ2) is 4.81. The second-order valence-electron chi connectivity index (χ2n) is 1.62. The van der Waals surface area contributed by atoms with Crippen molar-refractivity contribution in [2.45, 2.75) is 13.0 Å². The molecule has 0 aromatic heterocycles. The Bertz CT molecular complexity index is 61.5. The average Bonchev–Trinajstić information content (AvgIpc) is 1.83. The molecule has 0 radical (unpaired) electrons. The highest BCUT2D eigenvalue weighted by atomic mass is 16.5. The number of hydrogen-bond donors (Lipinski definition) is 1. The molecule has 0 saturated carbocycles. The summed E-state index contributed by atoms with van der Waals surface area (Å²) in [7, 11) is 0. The number of aliphatic hydroxyl groups is 1. The molecule has 0 fully saturated rings. The van der Waals surface area contributed by atoms with E-state index >= 15 is 0 Å². The average molecular weight is 116 g/mol. The summed E-state index contributed by atoms with van der Waals surface area (Å²) in [5.74, 6) is 0. The zero-order valence-electron chi connectivity index (χ0n) is 5.13. The van der Waals surface area contributed by atoms with E-state index in [2.05, 4.69) is 6.58 Å². The van der Waals surface area contributed by atoms with Crippen LogP contribution >= 0.6 is 0 Å². The Labute approximate surface area is 49.8 Å². The van der Waals surface area contributed by atoms with Gasteiger partial charge in [0.05, 0.1) is 19.3 Å². The molecular formula is C6H12O2. The fraction of sp³-hybridized carbons (Fsp3) is 0.667. The Balaban J connectivity index is 2.97. The van der Waals surface area contributed by atoms with Crippen molar-refractivity contribution in [2.24, 2.45) is 0 Å². The van der Waals surface area contributed by atoms with Crippen molar-refractivity contribution >= 4 is 0 Å². The molecule has 0 saturated heterocycles. The molecule has 0 aliphatic heterocycles. The third-order valence-electron chi connectivity index (χ3n) is 0.756. The first-order chi connectivity index (χ1) is 3.81. The Morgan fingerprint density at radius 2 is 2.50 bits per heavy atom. The minimum Gasteiger partial charge on any atom is -0.394 e. The van der Waals surface area contributed by atoms with Crippen molar-refractivity contribution in [3.05, 3.63) is 12.7 Å². The number of rotatable bonds is 4. The molecule has 2 heteroatoms. The van der Waals surface area contributed by atoms with Crippen molar-refractivity contribution < 1.29 is 9.84 Å². The molecule has 0 spiro atoms. The summed E-state index contributed by atoms with van der Waals surface area (Å²) >= 11 is 0. The summed E-state index contributed by atoms with van der Waals surface area (Å²) in [5.41, 5.74) is 0. The number of ether oxygens (including phenoxy) is 1. The van der Waals surface area contributed by atoms with Crippen LogP contribution in [0.15, 0.2) is 12.7 Å². The standard InChI is InChI=1S/C6H12O2/c1-3-4-8-6(2)5-7/h3,6-7H,1,4-5H2,2H3/t6-/m0/s1. The molecule has 0 aliphatic carbocycles. The van der Waals surface area contributed by atoms with E-state index in [1.54, 1.807) is 6.08 Å². The zero-order chi connectivity index (χ0) is 6.41. The maximum atomic E-state index is 8.40. The van der Waals surface area contributed by atoms with E-state index in [4.69, 9.17) is 9.84 Å².